The Hall–Kier alpha value is -1.38. The van der Waals surface area contributed by atoms with E-state index in [0.29, 0.717) is 5.56 Å². The zero-order valence-electron chi connectivity index (χ0n) is 11.9. The quantitative estimate of drug-likeness (QED) is 0.753. The number of amides is 1. The minimum atomic E-state index is -0.303. The van der Waals surface area contributed by atoms with E-state index < -0.39 is 0 Å². The number of carbonyl (C=O) groups excluding carboxylic acids is 1. The van der Waals surface area contributed by atoms with E-state index in [2.05, 4.69) is 20.8 Å². The van der Waals surface area contributed by atoms with Crippen LogP contribution < -0.4 is 0 Å². The Morgan fingerprint density at radius 2 is 1.84 bits per heavy atom. The number of piperidine rings is 1. The highest BCUT2D eigenvalue weighted by atomic mass is 19.1. The van der Waals surface area contributed by atoms with E-state index in [-0.39, 0.29) is 23.2 Å². The fourth-order valence-electron chi connectivity index (χ4n) is 2.83. The molecule has 2 nitrogen and oxygen atoms in total. The van der Waals surface area contributed by atoms with Gasteiger partial charge in [0, 0.05) is 18.2 Å². The summed E-state index contributed by atoms with van der Waals surface area (Å²) in [4.78, 5) is 14.5. The molecule has 1 unspecified atom stereocenters. The molecule has 1 aliphatic rings. The summed E-state index contributed by atoms with van der Waals surface area (Å²) in [5.41, 5.74) is 0.661. The van der Waals surface area contributed by atoms with Crippen molar-refractivity contribution in [2.24, 2.45) is 5.41 Å². The number of hydrogen-bond donors (Lipinski definition) is 0. The van der Waals surface area contributed by atoms with E-state index in [9.17, 15) is 9.18 Å². The van der Waals surface area contributed by atoms with Crippen molar-refractivity contribution in [2.45, 2.75) is 46.1 Å². The fraction of sp³-hybridized carbons (Fsp3) is 0.562. The summed E-state index contributed by atoms with van der Waals surface area (Å²) in [5, 5.41) is 0. The lowest BCUT2D eigenvalue weighted by Crippen LogP contribution is -2.50. The lowest BCUT2D eigenvalue weighted by atomic mass is 9.80. The maximum atomic E-state index is 12.9. The van der Waals surface area contributed by atoms with Gasteiger partial charge in [-0.1, -0.05) is 20.8 Å². The van der Waals surface area contributed by atoms with Gasteiger partial charge < -0.3 is 4.90 Å². The van der Waals surface area contributed by atoms with Crippen molar-refractivity contribution in [3.63, 3.8) is 0 Å². The summed E-state index contributed by atoms with van der Waals surface area (Å²) >= 11 is 0. The van der Waals surface area contributed by atoms with Gasteiger partial charge in [0.05, 0.1) is 0 Å². The second kappa shape index (κ2) is 5.32. The minimum Gasteiger partial charge on any atom is -0.335 e. The van der Waals surface area contributed by atoms with E-state index in [0.717, 1.165) is 19.4 Å². The smallest absolute Gasteiger partial charge is 0.254 e. The second-order valence-corrected chi connectivity index (χ2v) is 6.38. The standard InChI is InChI=1S/C16H22FNO/c1-16(2,3)14-6-4-5-11-18(14)15(19)12-7-9-13(17)10-8-12/h7-10,14H,4-6,11H2,1-3H3. The summed E-state index contributed by atoms with van der Waals surface area (Å²) in [5.74, 6) is -0.276. The van der Waals surface area contributed by atoms with Crippen molar-refractivity contribution in [3.8, 4) is 0 Å². The molecule has 19 heavy (non-hydrogen) atoms. The summed E-state index contributed by atoms with van der Waals surface area (Å²) < 4.78 is 12.9. The molecule has 0 bridgehead atoms. The van der Waals surface area contributed by atoms with Crippen LogP contribution in [0.5, 0.6) is 0 Å². The first-order valence-corrected chi connectivity index (χ1v) is 6.96. The number of nitrogens with zero attached hydrogens (tertiary/aromatic N) is 1. The third kappa shape index (κ3) is 3.14. The maximum Gasteiger partial charge on any atom is 0.254 e. The van der Waals surface area contributed by atoms with Gasteiger partial charge in [0.2, 0.25) is 0 Å². The molecule has 0 saturated carbocycles. The average Bonchev–Trinajstić information content (AvgIpc) is 2.38. The Labute approximate surface area is 114 Å². The number of hydrogen-bond acceptors (Lipinski definition) is 1. The van der Waals surface area contributed by atoms with Gasteiger partial charge in [-0.05, 0) is 48.9 Å². The Morgan fingerprint density at radius 1 is 1.21 bits per heavy atom. The molecule has 0 radical (unpaired) electrons. The Kier molecular flexibility index (Phi) is 3.93. The van der Waals surface area contributed by atoms with Crippen molar-refractivity contribution in [3.05, 3.63) is 35.6 Å². The molecule has 1 fully saturated rings. The number of carbonyl (C=O) groups is 1. The maximum absolute atomic E-state index is 12.9. The largest absolute Gasteiger partial charge is 0.335 e. The van der Waals surface area contributed by atoms with Gasteiger partial charge in [-0.15, -0.1) is 0 Å². The average molecular weight is 263 g/mol. The van der Waals surface area contributed by atoms with Crippen molar-refractivity contribution in [1.82, 2.24) is 4.90 Å². The van der Waals surface area contributed by atoms with Crippen molar-refractivity contribution in [2.75, 3.05) is 6.54 Å². The topological polar surface area (TPSA) is 20.3 Å². The van der Waals surface area contributed by atoms with E-state index in [1.54, 1.807) is 12.1 Å². The molecule has 1 aromatic rings. The molecule has 1 aliphatic heterocycles. The highest BCUT2D eigenvalue weighted by molar-refractivity contribution is 5.94. The Bertz CT molecular complexity index is 447. The van der Waals surface area contributed by atoms with Crippen molar-refractivity contribution >= 4 is 5.91 Å². The van der Waals surface area contributed by atoms with Gasteiger partial charge in [0.15, 0.2) is 0 Å². The molecule has 3 heteroatoms. The third-order valence-corrected chi connectivity index (χ3v) is 3.85. The van der Waals surface area contributed by atoms with Crippen molar-refractivity contribution in [1.29, 1.82) is 0 Å². The van der Waals surface area contributed by atoms with Gasteiger partial charge in [-0.25, -0.2) is 4.39 Å². The van der Waals surface area contributed by atoms with Crippen LogP contribution in [0.4, 0.5) is 4.39 Å². The number of rotatable bonds is 1. The van der Waals surface area contributed by atoms with Crippen LogP contribution in [-0.4, -0.2) is 23.4 Å². The molecule has 0 aliphatic carbocycles. The van der Waals surface area contributed by atoms with Crippen LogP contribution in [0.1, 0.15) is 50.4 Å². The van der Waals surface area contributed by atoms with Crippen LogP contribution in [0.2, 0.25) is 0 Å². The summed E-state index contributed by atoms with van der Waals surface area (Å²) in [6.45, 7) is 7.33. The third-order valence-electron chi connectivity index (χ3n) is 3.85. The molecule has 1 atom stereocenters. The van der Waals surface area contributed by atoms with E-state index >= 15 is 0 Å². The molecule has 1 aromatic carbocycles. The molecule has 1 heterocycles. The van der Waals surface area contributed by atoms with Crippen LogP contribution >= 0.6 is 0 Å². The summed E-state index contributed by atoms with van der Waals surface area (Å²) in [7, 11) is 0. The number of halogens is 1. The van der Waals surface area contributed by atoms with Crippen LogP contribution in [0.3, 0.4) is 0 Å². The van der Waals surface area contributed by atoms with Crippen LogP contribution in [0.25, 0.3) is 0 Å². The molecule has 1 saturated heterocycles. The van der Waals surface area contributed by atoms with Gasteiger partial charge >= 0.3 is 0 Å². The van der Waals surface area contributed by atoms with Gasteiger partial charge in [0.1, 0.15) is 5.82 Å². The Balaban J connectivity index is 2.22. The zero-order chi connectivity index (χ0) is 14.0. The van der Waals surface area contributed by atoms with E-state index in [1.807, 2.05) is 4.90 Å². The second-order valence-electron chi connectivity index (χ2n) is 6.38. The highest BCUT2D eigenvalue weighted by Crippen LogP contribution is 2.32. The van der Waals surface area contributed by atoms with Crippen molar-refractivity contribution < 1.29 is 9.18 Å². The molecule has 0 spiro atoms. The van der Waals surface area contributed by atoms with Gasteiger partial charge in [-0.3, -0.25) is 4.79 Å². The number of benzene rings is 1. The molecule has 104 valence electrons. The van der Waals surface area contributed by atoms with Crippen LogP contribution in [0.15, 0.2) is 24.3 Å². The Morgan fingerprint density at radius 3 is 2.42 bits per heavy atom. The van der Waals surface area contributed by atoms with Gasteiger partial charge in [0.25, 0.3) is 5.91 Å². The molecule has 0 N–H and O–H groups in total. The first-order valence-electron chi connectivity index (χ1n) is 6.96. The van der Waals surface area contributed by atoms with E-state index in [1.165, 1.54) is 18.6 Å². The fourth-order valence-corrected chi connectivity index (χ4v) is 2.83. The predicted octanol–water partition coefficient (Wildman–Crippen LogP) is 3.87. The molecule has 2 rings (SSSR count). The molecular weight excluding hydrogens is 241 g/mol. The lowest BCUT2D eigenvalue weighted by molar-refractivity contribution is 0.0397. The molecule has 0 aromatic heterocycles. The minimum absolute atomic E-state index is 0.0274. The number of likely N-dealkylation sites (tertiary alicyclic amines) is 1. The molecule has 1 amide bonds. The highest BCUT2D eigenvalue weighted by Gasteiger charge is 2.35. The van der Waals surface area contributed by atoms with Crippen LogP contribution in [0, 0.1) is 11.2 Å². The lowest BCUT2D eigenvalue weighted by Gasteiger charge is -2.43. The SMILES string of the molecule is CC(C)(C)C1CCCCN1C(=O)c1ccc(F)cc1. The van der Waals surface area contributed by atoms with Crippen LogP contribution in [-0.2, 0) is 0 Å². The monoisotopic (exact) mass is 263 g/mol. The van der Waals surface area contributed by atoms with E-state index in [4.69, 9.17) is 0 Å². The zero-order valence-corrected chi connectivity index (χ0v) is 11.9. The normalized spacial score (nSPS) is 20.4. The first kappa shape index (κ1) is 14.0. The van der Waals surface area contributed by atoms with Gasteiger partial charge in [-0.2, -0.15) is 0 Å². The molecular formula is C16H22FNO. The predicted molar refractivity (Wildman–Crippen MR) is 74.5 cm³/mol. The first-order chi connectivity index (χ1) is 8.89. The summed E-state index contributed by atoms with van der Waals surface area (Å²) in [6.07, 6.45) is 3.28. The summed E-state index contributed by atoms with van der Waals surface area (Å²) in [6, 6.07) is 6.11.